The van der Waals surface area contributed by atoms with E-state index in [9.17, 15) is 0 Å². The summed E-state index contributed by atoms with van der Waals surface area (Å²) in [5.41, 5.74) is 1.65. The van der Waals surface area contributed by atoms with Gasteiger partial charge < -0.3 is 14.5 Å². The molecule has 0 fully saturated rings. The second-order valence-corrected chi connectivity index (χ2v) is 4.94. The van der Waals surface area contributed by atoms with Gasteiger partial charge in [0.05, 0.1) is 12.7 Å². The maximum absolute atomic E-state index is 6.04. The summed E-state index contributed by atoms with van der Waals surface area (Å²) >= 11 is 6.04. The Morgan fingerprint density at radius 1 is 1.42 bits per heavy atom. The summed E-state index contributed by atoms with van der Waals surface area (Å²) in [4.78, 5) is 4.24. The first kappa shape index (κ1) is 13.9. The average molecular weight is 281 g/mol. The molecule has 4 nitrogen and oxygen atoms in total. The predicted octanol–water partition coefficient (Wildman–Crippen LogP) is 3.50. The van der Waals surface area contributed by atoms with Crippen LogP contribution in [0, 0.1) is 0 Å². The molecule has 0 amide bonds. The predicted molar refractivity (Wildman–Crippen MR) is 75.5 cm³/mol. The van der Waals surface area contributed by atoms with Gasteiger partial charge in [0, 0.05) is 17.6 Å². The minimum atomic E-state index is 0.380. The summed E-state index contributed by atoms with van der Waals surface area (Å²) in [5.74, 6) is 1.40. The lowest BCUT2D eigenvalue weighted by atomic mass is 10.1. The fourth-order valence-electron chi connectivity index (χ4n) is 1.77. The van der Waals surface area contributed by atoms with Gasteiger partial charge in [-0.2, -0.15) is 0 Å². The normalized spacial score (nSPS) is 11.0. The average Bonchev–Trinajstić information content (AvgIpc) is 2.84. The van der Waals surface area contributed by atoms with Gasteiger partial charge in [0.2, 0.25) is 0 Å². The fourth-order valence-corrected chi connectivity index (χ4v) is 1.94. The zero-order valence-electron chi connectivity index (χ0n) is 11.2. The Morgan fingerprint density at radius 3 is 2.89 bits per heavy atom. The van der Waals surface area contributed by atoms with E-state index in [4.69, 9.17) is 20.8 Å². The molecule has 0 aliphatic heterocycles. The summed E-state index contributed by atoms with van der Waals surface area (Å²) < 4.78 is 10.8. The molecule has 2 rings (SSSR count). The van der Waals surface area contributed by atoms with Gasteiger partial charge in [-0.25, -0.2) is 4.98 Å². The van der Waals surface area contributed by atoms with Gasteiger partial charge in [-0.05, 0) is 18.2 Å². The van der Waals surface area contributed by atoms with Gasteiger partial charge in [0.1, 0.15) is 11.4 Å². The summed E-state index contributed by atoms with van der Waals surface area (Å²) in [6, 6.07) is 5.80. The van der Waals surface area contributed by atoms with Gasteiger partial charge in [0.25, 0.3) is 0 Å². The number of aromatic nitrogens is 1. The van der Waals surface area contributed by atoms with E-state index >= 15 is 0 Å². The molecule has 1 aromatic heterocycles. The van der Waals surface area contributed by atoms with Crippen LogP contribution >= 0.6 is 11.6 Å². The Hall–Kier alpha value is -1.52. The van der Waals surface area contributed by atoms with Crippen molar-refractivity contribution in [3.05, 3.63) is 35.3 Å². The molecular weight excluding hydrogens is 264 g/mol. The molecule has 1 N–H and O–H groups in total. The third kappa shape index (κ3) is 3.28. The zero-order chi connectivity index (χ0) is 13.8. The lowest BCUT2D eigenvalue weighted by Gasteiger charge is -2.10. The number of hydrogen-bond donors (Lipinski definition) is 1. The van der Waals surface area contributed by atoms with Crippen LogP contribution in [0.25, 0.3) is 11.3 Å². The molecular formula is C14H17ClN2O2. The van der Waals surface area contributed by atoms with Gasteiger partial charge in [0.15, 0.2) is 12.2 Å². The van der Waals surface area contributed by atoms with Crippen LogP contribution in [-0.4, -0.2) is 18.1 Å². The molecule has 0 aliphatic carbocycles. The summed E-state index contributed by atoms with van der Waals surface area (Å²) in [6.45, 7) is 4.80. The van der Waals surface area contributed by atoms with Crippen molar-refractivity contribution in [2.75, 3.05) is 7.11 Å². The first-order chi connectivity index (χ1) is 9.11. The molecule has 0 bridgehead atoms. The molecule has 0 radical (unpaired) electrons. The van der Waals surface area contributed by atoms with Crippen molar-refractivity contribution in [2.24, 2.45) is 0 Å². The minimum absolute atomic E-state index is 0.380. The maximum Gasteiger partial charge on any atom is 0.181 e. The third-order valence-corrected chi connectivity index (χ3v) is 2.96. The van der Waals surface area contributed by atoms with Crippen molar-refractivity contribution in [1.82, 2.24) is 10.3 Å². The Balaban J connectivity index is 2.36. The Morgan fingerprint density at radius 2 is 2.21 bits per heavy atom. The van der Waals surface area contributed by atoms with Crippen LogP contribution in [0.4, 0.5) is 0 Å². The highest BCUT2D eigenvalue weighted by molar-refractivity contribution is 6.30. The molecule has 0 unspecified atom stereocenters. The first-order valence-electron chi connectivity index (χ1n) is 6.11. The standard InChI is InChI=1S/C14H17ClN2O2/c1-9(2)16-7-12-14(19-8-17-12)11-6-10(15)4-5-13(11)18-3/h4-6,8-9,16H,7H2,1-3H3. The van der Waals surface area contributed by atoms with Crippen LogP contribution in [0.15, 0.2) is 29.0 Å². The van der Waals surface area contributed by atoms with Crippen LogP contribution in [0.3, 0.4) is 0 Å². The topological polar surface area (TPSA) is 47.3 Å². The molecule has 1 aromatic carbocycles. The summed E-state index contributed by atoms with van der Waals surface area (Å²) in [7, 11) is 1.62. The van der Waals surface area contributed by atoms with Crippen LogP contribution in [0.2, 0.25) is 5.02 Å². The van der Waals surface area contributed by atoms with Gasteiger partial charge in [-0.1, -0.05) is 25.4 Å². The van der Waals surface area contributed by atoms with Gasteiger partial charge in [-0.3, -0.25) is 0 Å². The van der Waals surface area contributed by atoms with Gasteiger partial charge >= 0.3 is 0 Å². The van der Waals surface area contributed by atoms with Crippen molar-refractivity contribution in [3.63, 3.8) is 0 Å². The van der Waals surface area contributed by atoms with E-state index in [-0.39, 0.29) is 0 Å². The van der Waals surface area contributed by atoms with Crippen molar-refractivity contribution < 1.29 is 9.15 Å². The molecule has 0 saturated carbocycles. The highest BCUT2D eigenvalue weighted by atomic mass is 35.5. The second kappa shape index (κ2) is 6.08. The highest BCUT2D eigenvalue weighted by Crippen LogP contribution is 2.34. The largest absolute Gasteiger partial charge is 0.496 e. The molecule has 5 heteroatoms. The number of oxazole rings is 1. The number of hydrogen-bond acceptors (Lipinski definition) is 4. The van der Waals surface area contributed by atoms with E-state index in [1.807, 2.05) is 12.1 Å². The molecule has 0 aliphatic rings. The number of halogens is 1. The molecule has 2 aromatic rings. The lowest BCUT2D eigenvalue weighted by Crippen LogP contribution is -2.22. The van der Waals surface area contributed by atoms with Crippen molar-refractivity contribution >= 4 is 11.6 Å². The first-order valence-corrected chi connectivity index (χ1v) is 6.49. The van der Waals surface area contributed by atoms with E-state index in [0.717, 1.165) is 11.3 Å². The second-order valence-electron chi connectivity index (χ2n) is 4.51. The van der Waals surface area contributed by atoms with E-state index in [2.05, 4.69) is 24.1 Å². The number of nitrogens with one attached hydrogen (secondary N) is 1. The van der Waals surface area contributed by atoms with E-state index in [1.54, 1.807) is 13.2 Å². The highest BCUT2D eigenvalue weighted by Gasteiger charge is 2.15. The van der Waals surface area contributed by atoms with Crippen LogP contribution in [-0.2, 0) is 6.54 Å². The third-order valence-electron chi connectivity index (χ3n) is 2.73. The Bertz CT molecular complexity index is 552. The minimum Gasteiger partial charge on any atom is -0.496 e. The van der Waals surface area contributed by atoms with Crippen molar-refractivity contribution in [2.45, 2.75) is 26.4 Å². The molecule has 19 heavy (non-hydrogen) atoms. The number of ether oxygens (including phenoxy) is 1. The number of benzene rings is 1. The van der Waals surface area contributed by atoms with Crippen molar-refractivity contribution in [3.8, 4) is 17.1 Å². The Kier molecular flexibility index (Phi) is 4.45. The van der Waals surface area contributed by atoms with E-state index in [0.29, 0.717) is 29.1 Å². The number of nitrogens with zero attached hydrogens (tertiary/aromatic N) is 1. The van der Waals surface area contributed by atoms with E-state index < -0.39 is 0 Å². The zero-order valence-corrected chi connectivity index (χ0v) is 12.0. The molecule has 1 heterocycles. The summed E-state index contributed by atoms with van der Waals surface area (Å²) in [6.07, 6.45) is 1.44. The lowest BCUT2D eigenvalue weighted by molar-refractivity contribution is 0.414. The van der Waals surface area contributed by atoms with Crippen molar-refractivity contribution in [1.29, 1.82) is 0 Å². The Labute approximate surface area is 117 Å². The van der Waals surface area contributed by atoms with Crippen LogP contribution in [0.1, 0.15) is 19.5 Å². The number of methoxy groups -OCH3 is 1. The van der Waals surface area contributed by atoms with Crippen LogP contribution in [0.5, 0.6) is 5.75 Å². The fraction of sp³-hybridized carbons (Fsp3) is 0.357. The number of rotatable bonds is 5. The SMILES string of the molecule is COc1ccc(Cl)cc1-c1ocnc1CNC(C)C. The van der Waals surface area contributed by atoms with Crippen LogP contribution < -0.4 is 10.1 Å². The monoisotopic (exact) mass is 280 g/mol. The van der Waals surface area contributed by atoms with Gasteiger partial charge in [-0.15, -0.1) is 0 Å². The quantitative estimate of drug-likeness (QED) is 0.910. The molecule has 0 saturated heterocycles. The molecule has 0 spiro atoms. The molecule has 102 valence electrons. The smallest absolute Gasteiger partial charge is 0.181 e. The molecule has 0 atom stereocenters. The van der Waals surface area contributed by atoms with E-state index in [1.165, 1.54) is 6.39 Å². The summed E-state index contributed by atoms with van der Waals surface area (Å²) in [5, 5.41) is 3.95. The maximum atomic E-state index is 6.04.